The maximum atomic E-state index is 13.8. The van der Waals surface area contributed by atoms with Gasteiger partial charge in [0.15, 0.2) is 0 Å². The number of aromatic amines is 1. The number of anilines is 1. The highest BCUT2D eigenvalue weighted by Gasteiger charge is 2.22. The number of nitrogens with one attached hydrogen (secondary N) is 3. The van der Waals surface area contributed by atoms with Gasteiger partial charge < -0.3 is 5.32 Å². The zero-order valence-corrected chi connectivity index (χ0v) is 12.0. The molecule has 2 aromatic rings. The van der Waals surface area contributed by atoms with Crippen LogP contribution < -0.4 is 10.0 Å². The molecule has 0 saturated heterocycles. The van der Waals surface area contributed by atoms with Crippen molar-refractivity contribution in [2.24, 2.45) is 0 Å². The molecule has 0 amide bonds. The first-order chi connectivity index (χ1) is 10.0. The minimum Gasteiger partial charge on any atom is -0.310 e. The Kier molecular flexibility index (Phi) is 3.64. The molecule has 6 nitrogen and oxygen atoms in total. The quantitative estimate of drug-likeness (QED) is 0.756. The highest BCUT2D eigenvalue weighted by molar-refractivity contribution is 7.92. The maximum absolute atomic E-state index is 13.8. The molecule has 1 aliphatic carbocycles. The van der Waals surface area contributed by atoms with E-state index < -0.39 is 15.8 Å². The molecule has 8 heteroatoms. The van der Waals surface area contributed by atoms with E-state index in [4.69, 9.17) is 0 Å². The van der Waals surface area contributed by atoms with E-state index in [2.05, 4.69) is 20.2 Å². The van der Waals surface area contributed by atoms with Gasteiger partial charge in [-0.05, 0) is 30.5 Å². The van der Waals surface area contributed by atoms with Crippen LogP contribution in [0.15, 0.2) is 35.5 Å². The van der Waals surface area contributed by atoms with E-state index >= 15 is 0 Å². The molecular weight excluding hydrogens is 295 g/mol. The van der Waals surface area contributed by atoms with Crippen LogP contribution in [0.25, 0.3) is 0 Å². The third kappa shape index (κ3) is 3.40. The summed E-state index contributed by atoms with van der Waals surface area (Å²) >= 11 is 0. The second-order valence-electron chi connectivity index (χ2n) is 5.01. The van der Waals surface area contributed by atoms with Crippen LogP contribution in [0.2, 0.25) is 0 Å². The van der Waals surface area contributed by atoms with Crippen LogP contribution in [0.4, 0.5) is 10.1 Å². The normalized spacial score (nSPS) is 15.1. The molecule has 0 atom stereocenters. The summed E-state index contributed by atoms with van der Waals surface area (Å²) in [5.41, 5.74) is 0.992. The number of benzene rings is 1. The lowest BCUT2D eigenvalue weighted by Gasteiger charge is -2.09. The van der Waals surface area contributed by atoms with Crippen molar-refractivity contribution in [3.63, 3.8) is 0 Å². The van der Waals surface area contributed by atoms with Gasteiger partial charge in [0.1, 0.15) is 10.7 Å². The standard InChI is InChI=1S/C13H15FN4O2S/c14-12-4-1-9(6-15-10-2-3-10)5-13(12)21(19,20)18-11-7-16-17-8-11/h1,4-5,7-8,10,15,18H,2-3,6H2,(H,16,17). The van der Waals surface area contributed by atoms with Gasteiger partial charge in [0, 0.05) is 18.8 Å². The SMILES string of the molecule is O=S(=O)(Nc1cn[nH]c1)c1cc(CNC2CC2)ccc1F. The fraction of sp³-hybridized carbons (Fsp3) is 0.308. The summed E-state index contributed by atoms with van der Waals surface area (Å²) in [4.78, 5) is -0.362. The zero-order valence-electron chi connectivity index (χ0n) is 11.1. The summed E-state index contributed by atoms with van der Waals surface area (Å²) in [6, 6.07) is 4.61. The minimum atomic E-state index is -3.97. The molecule has 0 aliphatic heterocycles. The van der Waals surface area contributed by atoms with Crippen LogP contribution in [0.1, 0.15) is 18.4 Å². The first-order valence-corrected chi connectivity index (χ1v) is 8.06. The highest BCUT2D eigenvalue weighted by Crippen LogP contribution is 2.22. The Morgan fingerprint density at radius 1 is 1.38 bits per heavy atom. The predicted octanol–water partition coefficient (Wildman–Crippen LogP) is 1.60. The number of H-pyrrole nitrogens is 1. The second-order valence-corrected chi connectivity index (χ2v) is 6.66. The molecule has 1 aromatic carbocycles. The summed E-state index contributed by atoms with van der Waals surface area (Å²) in [5.74, 6) is -0.777. The number of hydrogen-bond donors (Lipinski definition) is 3. The third-order valence-corrected chi connectivity index (χ3v) is 4.60. The molecule has 3 rings (SSSR count). The Morgan fingerprint density at radius 3 is 2.86 bits per heavy atom. The molecule has 0 radical (unpaired) electrons. The molecule has 1 heterocycles. The molecule has 3 N–H and O–H groups in total. The van der Waals surface area contributed by atoms with Crippen molar-refractivity contribution in [2.45, 2.75) is 30.3 Å². The Bertz CT molecular complexity index is 727. The molecule has 1 fully saturated rings. The average Bonchev–Trinajstić information content (AvgIpc) is 3.14. The average molecular weight is 310 g/mol. The van der Waals surface area contributed by atoms with Gasteiger partial charge in [-0.3, -0.25) is 9.82 Å². The maximum Gasteiger partial charge on any atom is 0.264 e. The molecular formula is C13H15FN4O2S. The largest absolute Gasteiger partial charge is 0.310 e. The molecule has 21 heavy (non-hydrogen) atoms. The monoisotopic (exact) mass is 310 g/mol. The lowest BCUT2D eigenvalue weighted by atomic mass is 10.2. The minimum absolute atomic E-state index is 0.260. The van der Waals surface area contributed by atoms with E-state index in [1.807, 2.05) is 0 Å². The van der Waals surface area contributed by atoms with Gasteiger partial charge in [0.25, 0.3) is 10.0 Å². The van der Waals surface area contributed by atoms with Crippen LogP contribution in [0, 0.1) is 5.82 Å². The van der Waals surface area contributed by atoms with E-state index in [-0.39, 0.29) is 10.6 Å². The van der Waals surface area contributed by atoms with E-state index in [9.17, 15) is 12.8 Å². The molecule has 0 bridgehead atoms. The number of aromatic nitrogens is 2. The second kappa shape index (κ2) is 5.45. The van der Waals surface area contributed by atoms with Crippen molar-refractivity contribution >= 4 is 15.7 Å². The fourth-order valence-electron chi connectivity index (χ4n) is 1.93. The van der Waals surface area contributed by atoms with Gasteiger partial charge in [-0.25, -0.2) is 12.8 Å². The molecule has 0 spiro atoms. The van der Waals surface area contributed by atoms with Gasteiger partial charge in [-0.2, -0.15) is 5.10 Å². The summed E-state index contributed by atoms with van der Waals surface area (Å²) in [5, 5.41) is 9.39. The number of halogens is 1. The van der Waals surface area contributed by atoms with Crippen LogP contribution >= 0.6 is 0 Å². The number of hydrogen-bond acceptors (Lipinski definition) is 4. The van der Waals surface area contributed by atoms with Gasteiger partial charge in [-0.15, -0.1) is 0 Å². The number of nitrogens with zero attached hydrogens (tertiary/aromatic N) is 1. The van der Waals surface area contributed by atoms with Crippen LogP contribution in [-0.4, -0.2) is 24.7 Å². The summed E-state index contributed by atoms with van der Waals surface area (Å²) in [6.45, 7) is 0.527. The molecule has 1 saturated carbocycles. The van der Waals surface area contributed by atoms with E-state index in [1.165, 1.54) is 24.5 Å². The topological polar surface area (TPSA) is 86.9 Å². The van der Waals surface area contributed by atoms with Crippen LogP contribution in [-0.2, 0) is 16.6 Å². The van der Waals surface area contributed by atoms with E-state index in [0.29, 0.717) is 12.6 Å². The van der Waals surface area contributed by atoms with Crippen molar-refractivity contribution < 1.29 is 12.8 Å². The van der Waals surface area contributed by atoms with Gasteiger partial charge >= 0.3 is 0 Å². The third-order valence-electron chi connectivity index (χ3n) is 3.21. The van der Waals surface area contributed by atoms with Crippen molar-refractivity contribution in [1.82, 2.24) is 15.5 Å². The first kappa shape index (κ1) is 14.0. The molecule has 1 aromatic heterocycles. The van der Waals surface area contributed by atoms with E-state index in [1.54, 1.807) is 6.07 Å². The smallest absolute Gasteiger partial charge is 0.264 e. The number of rotatable bonds is 6. The fourth-order valence-corrected chi connectivity index (χ4v) is 3.09. The zero-order chi connectivity index (χ0) is 14.9. The Balaban J connectivity index is 1.83. The van der Waals surface area contributed by atoms with E-state index in [0.717, 1.165) is 18.4 Å². The Morgan fingerprint density at radius 2 is 2.19 bits per heavy atom. The van der Waals surface area contributed by atoms with Crippen molar-refractivity contribution in [1.29, 1.82) is 0 Å². The summed E-state index contributed by atoms with van der Waals surface area (Å²) in [7, 11) is -3.97. The summed E-state index contributed by atoms with van der Waals surface area (Å²) in [6.07, 6.45) is 4.96. The van der Waals surface area contributed by atoms with Crippen LogP contribution in [0.5, 0.6) is 0 Å². The van der Waals surface area contributed by atoms with Crippen molar-refractivity contribution in [3.05, 3.63) is 42.0 Å². The summed E-state index contributed by atoms with van der Waals surface area (Å²) < 4.78 is 40.5. The molecule has 1 aliphatic rings. The van der Waals surface area contributed by atoms with Crippen LogP contribution in [0.3, 0.4) is 0 Å². The lowest BCUT2D eigenvalue weighted by Crippen LogP contribution is -2.17. The van der Waals surface area contributed by atoms with Crippen molar-refractivity contribution in [2.75, 3.05) is 4.72 Å². The highest BCUT2D eigenvalue weighted by atomic mass is 32.2. The lowest BCUT2D eigenvalue weighted by molar-refractivity contribution is 0.568. The Labute approximate surface area is 121 Å². The molecule has 0 unspecified atom stereocenters. The molecule has 112 valence electrons. The Hall–Kier alpha value is -1.93. The van der Waals surface area contributed by atoms with Gasteiger partial charge in [-0.1, -0.05) is 6.07 Å². The van der Waals surface area contributed by atoms with Gasteiger partial charge in [0.05, 0.1) is 11.9 Å². The van der Waals surface area contributed by atoms with Gasteiger partial charge in [0.2, 0.25) is 0 Å². The first-order valence-electron chi connectivity index (χ1n) is 6.58. The predicted molar refractivity (Wildman–Crippen MR) is 75.7 cm³/mol. The van der Waals surface area contributed by atoms with Crippen molar-refractivity contribution in [3.8, 4) is 0 Å². The number of sulfonamides is 1.